The quantitative estimate of drug-likeness (QED) is 0.528. The number of nitrogens with one attached hydrogen (secondary N) is 1. The average molecular weight is 441 g/mol. The van der Waals surface area contributed by atoms with Crippen LogP contribution in [0.25, 0.3) is 11.3 Å². The first-order valence-electron chi connectivity index (χ1n) is 10.5. The van der Waals surface area contributed by atoms with Crippen molar-refractivity contribution < 1.29 is 17.3 Å². The Labute approximate surface area is 183 Å². The summed E-state index contributed by atoms with van der Waals surface area (Å²) in [4.78, 5) is 6.08. The fraction of sp³-hybridized carbons (Fsp3) is 0.333. The number of aryl methyl sites for hydroxylation is 1. The highest BCUT2D eigenvalue weighted by atomic mass is 32.2. The van der Waals surface area contributed by atoms with E-state index in [9.17, 15) is 8.42 Å². The highest BCUT2D eigenvalue weighted by Gasteiger charge is 2.27. The number of H-pyrrole nitrogens is 1. The second-order valence-electron chi connectivity index (χ2n) is 7.78. The van der Waals surface area contributed by atoms with Crippen LogP contribution in [-0.2, 0) is 10.1 Å². The highest BCUT2D eigenvalue weighted by molar-refractivity contribution is 7.87. The summed E-state index contributed by atoms with van der Waals surface area (Å²) in [5, 5.41) is 0. The van der Waals surface area contributed by atoms with E-state index in [2.05, 4.69) is 22.9 Å². The summed E-state index contributed by atoms with van der Waals surface area (Å²) < 4.78 is 37.0. The van der Waals surface area contributed by atoms with Gasteiger partial charge in [0, 0.05) is 23.0 Å². The van der Waals surface area contributed by atoms with E-state index in [4.69, 9.17) is 8.92 Å². The second-order valence-corrected chi connectivity index (χ2v) is 9.30. The lowest BCUT2D eigenvalue weighted by Crippen LogP contribution is -2.22. The highest BCUT2D eigenvalue weighted by Crippen LogP contribution is 2.37. The van der Waals surface area contributed by atoms with Gasteiger partial charge in [-0.1, -0.05) is 25.1 Å². The Balaban J connectivity index is 1.72. The van der Waals surface area contributed by atoms with Gasteiger partial charge in [0.2, 0.25) is 0 Å². The second kappa shape index (κ2) is 8.77. The maximum Gasteiger partial charge on any atom is 0.339 e. The fourth-order valence-electron chi connectivity index (χ4n) is 4.28. The van der Waals surface area contributed by atoms with Gasteiger partial charge in [-0.25, -0.2) is 0 Å². The minimum Gasteiger partial charge on any atom is -0.496 e. The molecule has 1 atom stereocenters. The summed E-state index contributed by atoms with van der Waals surface area (Å²) in [5.41, 5.74) is 3.22. The third-order valence-electron chi connectivity index (χ3n) is 5.84. The monoisotopic (exact) mass is 440 g/mol. The Bertz CT molecular complexity index is 1160. The summed E-state index contributed by atoms with van der Waals surface area (Å²) in [6, 6.07) is 16.3. The molecular weight excluding hydrogens is 412 g/mol. The molecular formula is C24H28N2O4S. The molecule has 1 saturated heterocycles. The Kier molecular flexibility index (Phi) is 6.07. The van der Waals surface area contributed by atoms with Crippen LogP contribution in [-0.4, -0.2) is 38.5 Å². The number of aromatic amines is 1. The number of hydrogen-bond acceptors (Lipinski definition) is 5. The number of hydrogen-bond donors (Lipinski definition) is 1. The lowest BCUT2D eigenvalue weighted by atomic mass is 10.1. The molecule has 6 nitrogen and oxygen atoms in total. The maximum absolute atomic E-state index is 13.0. The van der Waals surface area contributed by atoms with Crippen LogP contribution >= 0.6 is 0 Å². The zero-order valence-electron chi connectivity index (χ0n) is 18.1. The Hall–Kier alpha value is -2.77. The molecule has 1 aliphatic rings. The van der Waals surface area contributed by atoms with Crippen molar-refractivity contribution in [1.82, 2.24) is 9.88 Å². The van der Waals surface area contributed by atoms with E-state index in [1.807, 2.05) is 12.1 Å². The molecule has 31 heavy (non-hydrogen) atoms. The van der Waals surface area contributed by atoms with Gasteiger partial charge in [0.05, 0.1) is 7.11 Å². The third kappa shape index (κ3) is 4.34. The number of rotatable bonds is 7. The molecule has 3 aromatic rings. The van der Waals surface area contributed by atoms with E-state index in [1.54, 1.807) is 50.4 Å². The van der Waals surface area contributed by atoms with E-state index in [-0.39, 0.29) is 10.6 Å². The molecule has 0 aliphatic carbocycles. The summed E-state index contributed by atoms with van der Waals surface area (Å²) in [6.45, 7) is 6.02. The van der Waals surface area contributed by atoms with Gasteiger partial charge >= 0.3 is 10.1 Å². The standard InChI is InChI=1S/C24H28N2O4S/c1-4-26-14-8-11-22(26)21-13-12-20(25-21)19-16-24(17(2)15-23(19)29-3)31(27,28)30-18-9-6-5-7-10-18/h5-7,9-10,12-13,15-16,22,25H,4,8,11,14H2,1-3H3. The smallest absolute Gasteiger partial charge is 0.339 e. The fourth-order valence-corrected chi connectivity index (χ4v) is 5.45. The number of para-hydroxylation sites is 1. The average Bonchev–Trinajstić information content (AvgIpc) is 3.42. The Morgan fingerprint density at radius 2 is 1.90 bits per heavy atom. The predicted molar refractivity (Wildman–Crippen MR) is 121 cm³/mol. The minimum atomic E-state index is -4.00. The Morgan fingerprint density at radius 1 is 1.13 bits per heavy atom. The van der Waals surface area contributed by atoms with E-state index in [0.29, 0.717) is 22.9 Å². The van der Waals surface area contributed by atoms with E-state index >= 15 is 0 Å². The molecule has 1 aromatic heterocycles. The SMILES string of the molecule is CCN1CCCC1c1ccc(-c2cc(S(=O)(=O)Oc3ccccc3)c(C)cc2OC)[nH]1. The van der Waals surface area contributed by atoms with Crippen molar-refractivity contribution in [3.8, 4) is 22.8 Å². The lowest BCUT2D eigenvalue weighted by Gasteiger charge is -2.21. The lowest BCUT2D eigenvalue weighted by molar-refractivity contribution is 0.268. The summed E-state index contributed by atoms with van der Waals surface area (Å²) in [6.07, 6.45) is 2.29. The number of aromatic nitrogens is 1. The summed E-state index contributed by atoms with van der Waals surface area (Å²) >= 11 is 0. The van der Waals surface area contributed by atoms with Crippen LogP contribution in [0, 0.1) is 6.92 Å². The predicted octanol–water partition coefficient (Wildman–Crippen LogP) is 4.92. The van der Waals surface area contributed by atoms with Gasteiger partial charge in [0.25, 0.3) is 0 Å². The molecule has 0 saturated carbocycles. The van der Waals surface area contributed by atoms with Gasteiger partial charge in [-0.15, -0.1) is 0 Å². The van der Waals surface area contributed by atoms with Crippen molar-refractivity contribution >= 4 is 10.1 Å². The van der Waals surface area contributed by atoms with Crippen molar-refractivity contribution in [2.75, 3.05) is 20.2 Å². The van der Waals surface area contributed by atoms with Crippen LogP contribution in [0.3, 0.4) is 0 Å². The van der Waals surface area contributed by atoms with Crippen molar-refractivity contribution in [3.05, 3.63) is 65.9 Å². The Morgan fingerprint density at radius 3 is 2.61 bits per heavy atom. The molecule has 0 amide bonds. The van der Waals surface area contributed by atoms with E-state index < -0.39 is 10.1 Å². The van der Waals surface area contributed by atoms with Crippen LogP contribution in [0.5, 0.6) is 11.5 Å². The largest absolute Gasteiger partial charge is 0.496 e. The normalized spacial score (nSPS) is 17.1. The molecule has 1 unspecified atom stereocenters. The van der Waals surface area contributed by atoms with Crippen LogP contribution < -0.4 is 8.92 Å². The molecule has 1 N–H and O–H groups in total. The minimum absolute atomic E-state index is 0.124. The summed E-state index contributed by atoms with van der Waals surface area (Å²) in [7, 11) is -2.41. The number of benzene rings is 2. The van der Waals surface area contributed by atoms with Gasteiger partial charge in [-0.2, -0.15) is 8.42 Å². The van der Waals surface area contributed by atoms with Crippen molar-refractivity contribution in [1.29, 1.82) is 0 Å². The van der Waals surface area contributed by atoms with Crippen LogP contribution in [0.4, 0.5) is 0 Å². The number of methoxy groups -OCH3 is 1. The first-order chi connectivity index (χ1) is 14.9. The van der Waals surface area contributed by atoms with Crippen molar-refractivity contribution in [2.24, 2.45) is 0 Å². The van der Waals surface area contributed by atoms with Crippen LogP contribution in [0.1, 0.15) is 37.1 Å². The van der Waals surface area contributed by atoms with Crippen LogP contribution in [0.15, 0.2) is 59.5 Å². The third-order valence-corrected chi connectivity index (χ3v) is 7.23. The van der Waals surface area contributed by atoms with Gasteiger partial charge in [-0.05, 0) is 74.8 Å². The molecule has 164 valence electrons. The van der Waals surface area contributed by atoms with Crippen molar-refractivity contribution in [3.63, 3.8) is 0 Å². The first-order valence-corrected chi connectivity index (χ1v) is 11.9. The number of nitrogens with zero attached hydrogens (tertiary/aromatic N) is 1. The van der Waals surface area contributed by atoms with Crippen LogP contribution in [0.2, 0.25) is 0 Å². The first kappa shape index (κ1) is 21.5. The van der Waals surface area contributed by atoms with Gasteiger partial charge in [0.15, 0.2) is 0 Å². The molecule has 1 aliphatic heterocycles. The topological polar surface area (TPSA) is 71.6 Å². The van der Waals surface area contributed by atoms with E-state index in [1.165, 1.54) is 6.42 Å². The maximum atomic E-state index is 13.0. The molecule has 4 rings (SSSR count). The molecule has 7 heteroatoms. The molecule has 2 heterocycles. The molecule has 0 bridgehead atoms. The van der Waals surface area contributed by atoms with E-state index in [0.717, 1.165) is 30.9 Å². The molecule has 0 spiro atoms. The zero-order valence-corrected chi connectivity index (χ0v) is 18.9. The molecule has 1 fully saturated rings. The van der Waals surface area contributed by atoms with Gasteiger partial charge < -0.3 is 13.9 Å². The number of ether oxygens (including phenoxy) is 1. The zero-order chi connectivity index (χ0) is 22.0. The summed E-state index contributed by atoms with van der Waals surface area (Å²) in [5.74, 6) is 0.894. The van der Waals surface area contributed by atoms with Gasteiger partial charge in [0.1, 0.15) is 16.4 Å². The molecule has 2 aromatic carbocycles. The molecule has 0 radical (unpaired) electrons. The number of likely N-dealkylation sites (tertiary alicyclic amines) is 1. The van der Waals surface area contributed by atoms with Crippen molar-refractivity contribution in [2.45, 2.75) is 37.6 Å². The van der Waals surface area contributed by atoms with Gasteiger partial charge in [-0.3, -0.25) is 4.90 Å².